The molecule has 23 heavy (non-hydrogen) atoms. The molecule has 0 N–H and O–H groups in total. The molecule has 1 atom stereocenters. The van der Waals surface area contributed by atoms with Gasteiger partial charge in [-0.2, -0.15) is 0 Å². The molecule has 1 aliphatic rings. The molecule has 2 aromatic rings. The first kappa shape index (κ1) is 15.7. The highest BCUT2D eigenvalue weighted by atomic mass is 32.1. The first-order chi connectivity index (χ1) is 11.3. The number of piperidine rings is 1. The highest BCUT2D eigenvalue weighted by molar-refractivity contribution is 7.10. The van der Waals surface area contributed by atoms with Crippen LogP contribution in [0.3, 0.4) is 0 Å². The third-order valence-electron chi connectivity index (χ3n) is 3.74. The molecule has 0 bridgehead atoms. The molecule has 1 amide bonds. The molecule has 122 valence electrons. The van der Waals surface area contributed by atoms with Gasteiger partial charge in [0.15, 0.2) is 0 Å². The molecule has 1 saturated heterocycles. The number of methoxy groups -OCH3 is 1. The largest absolute Gasteiger partial charge is 0.477 e. The minimum absolute atomic E-state index is 0.0818. The lowest BCUT2D eigenvalue weighted by atomic mass is 10.1. The number of aromatic nitrogens is 2. The van der Waals surface area contributed by atoms with Gasteiger partial charge in [0.25, 0.3) is 11.8 Å². The lowest BCUT2D eigenvalue weighted by molar-refractivity contribution is -0.133. The van der Waals surface area contributed by atoms with Gasteiger partial charge in [0, 0.05) is 23.8 Å². The van der Waals surface area contributed by atoms with Crippen LogP contribution in [-0.4, -0.2) is 47.1 Å². The van der Waals surface area contributed by atoms with Gasteiger partial charge in [-0.15, -0.1) is 11.3 Å². The number of hydrogen-bond donors (Lipinski definition) is 0. The molecular formula is C16H19N3O3S. The van der Waals surface area contributed by atoms with Crippen LogP contribution >= 0.6 is 11.3 Å². The van der Waals surface area contributed by atoms with Crippen LogP contribution < -0.4 is 9.47 Å². The number of carbonyl (C=O) groups excluding carboxylic acids is 1. The molecule has 7 heteroatoms. The van der Waals surface area contributed by atoms with Crippen LogP contribution in [0.25, 0.3) is 0 Å². The van der Waals surface area contributed by atoms with Crippen molar-refractivity contribution in [3.05, 3.63) is 34.8 Å². The first-order valence-corrected chi connectivity index (χ1v) is 8.46. The third-order valence-corrected chi connectivity index (χ3v) is 4.62. The number of thiophene rings is 1. The van der Waals surface area contributed by atoms with Crippen molar-refractivity contribution in [2.75, 3.05) is 20.2 Å². The van der Waals surface area contributed by atoms with Crippen molar-refractivity contribution in [2.24, 2.45) is 0 Å². The summed E-state index contributed by atoms with van der Waals surface area (Å²) in [5.74, 6) is 0.897. The zero-order valence-electron chi connectivity index (χ0n) is 13.0. The molecule has 2 aromatic heterocycles. The maximum absolute atomic E-state index is 12.4. The van der Waals surface area contributed by atoms with Crippen molar-refractivity contribution < 1.29 is 14.3 Å². The lowest BCUT2D eigenvalue weighted by Crippen LogP contribution is -2.45. The molecule has 3 rings (SSSR count). The normalized spacial score (nSPS) is 17.8. The van der Waals surface area contributed by atoms with Crippen molar-refractivity contribution in [1.82, 2.24) is 14.9 Å². The van der Waals surface area contributed by atoms with E-state index in [2.05, 4.69) is 9.97 Å². The van der Waals surface area contributed by atoms with Crippen molar-refractivity contribution in [3.8, 4) is 11.8 Å². The summed E-state index contributed by atoms with van der Waals surface area (Å²) < 4.78 is 11.1. The maximum atomic E-state index is 12.4. The minimum Gasteiger partial charge on any atom is -0.477 e. The van der Waals surface area contributed by atoms with Crippen LogP contribution in [0.5, 0.6) is 11.8 Å². The maximum Gasteiger partial charge on any atom is 0.278 e. The van der Waals surface area contributed by atoms with Gasteiger partial charge in [0.2, 0.25) is 5.91 Å². The fourth-order valence-electron chi connectivity index (χ4n) is 2.63. The van der Waals surface area contributed by atoms with Crippen LogP contribution in [0, 0.1) is 0 Å². The molecule has 0 spiro atoms. The molecule has 0 unspecified atom stereocenters. The second-order valence-electron chi connectivity index (χ2n) is 5.35. The predicted octanol–water partition coefficient (Wildman–Crippen LogP) is 2.16. The van der Waals surface area contributed by atoms with E-state index >= 15 is 0 Å². The Bertz CT molecular complexity index is 648. The van der Waals surface area contributed by atoms with E-state index in [0.29, 0.717) is 24.7 Å². The topological polar surface area (TPSA) is 64.6 Å². The summed E-state index contributed by atoms with van der Waals surface area (Å²) in [6, 6.07) is 3.96. The van der Waals surface area contributed by atoms with Crippen molar-refractivity contribution in [3.63, 3.8) is 0 Å². The predicted molar refractivity (Wildman–Crippen MR) is 86.8 cm³/mol. The average Bonchev–Trinajstić information content (AvgIpc) is 3.08. The van der Waals surface area contributed by atoms with Crippen LogP contribution in [0.1, 0.15) is 17.7 Å². The standard InChI is InChI=1S/C16H19N3O3S/c1-21-15-16(18-7-6-17-15)22-12-4-2-8-19(11-12)14(20)10-13-5-3-9-23-13/h3,5-7,9,12H,2,4,8,10-11H2,1H3/t12-/m1/s1. The van der Waals surface area contributed by atoms with Gasteiger partial charge in [0.1, 0.15) is 6.10 Å². The van der Waals surface area contributed by atoms with E-state index in [-0.39, 0.29) is 12.0 Å². The van der Waals surface area contributed by atoms with Crippen LogP contribution in [-0.2, 0) is 11.2 Å². The van der Waals surface area contributed by atoms with Gasteiger partial charge in [-0.25, -0.2) is 9.97 Å². The fraction of sp³-hybridized carbons (Fsp3) is 0.438. The number of nitrogens with zero attached hydrogens (tertiary/aromatic N) is 3. The monoisotopic (exact) mass is 333 g/mol. The van der Waals surface area contributed by atoms with Gasteiger partial charge >= 0.3 is 0 Å². The molecular weight excluding hydrogens is 314 g/mol. The molecule has 0 saturated carbocycles. The highest BCUT2D eigenvalue weighted by Gasteiger charge is 2.26. The second kappa shape index (κ2) is 7.41. The average molecular weight is 333 g/mol. The zero-order chi connectivity index (χ0) is 16.1. The van der Waals surface area contributed by atoms with Crippen LogP contribution in [0.4, 0.5) is 0 Å². The lowest BCUT2D eigenvalue weighted by Gasteiger charge is -2.32. The van der Waals surface area contributed by atoms with Gasteiger partial charge < -0.3 is 14.4 Å². The number of likely N-dealkylation sites (tertiary alicyclic amines) is 1. The Balaban J connectivity index is 1.60. The number of amides is 1. The van der Waals surface area contributed by atoms with Crippen molar-refractivity contribution >= 4 is 17.2 Å². The molecule has 1 aliphatic heterocycles. The molecule has 0 aromatic carbocycles. The number of rotatable bonds is 5. The summed E-state index contributed by atoms with van der Waals surface area (Å²) in [7, 11) is 1.54. The summed E-state index contributed by atoms with van der Waals surface area (Å²) in [4.78, 5) is 23.6. The van der Waals surface area contributed by atoms with E-state index in [1.165, 1.54) is 7.11 Å². The van der Waals surface area contributed by atoms with Crippen molar-refractivity contribution in [2.45, 2.75) is 25.4 Å². The van der Waals surface area contributed by atoms with E-state index in [0.717, 1.165) is 24.3 Å². The van der Waals surface area contributed by atoms with E-state index in [9.17, 15) is 4.79 Å². The van der Waals surface area contributed by atoms with Gasteiger partial charge in [-0.1, -0.05) is 6.07 Å². The molecule has 6 nitrogen and oxygen atoms in total. The van der Waals surface area contributed by atoms with Gasteiger partial charge in [-0.3, -0.25) is 4.79 Å². The summed E-state index contributed by atoms with van der Waals surface area (Å²) in [5.41, 5.74) is 0. The van der Waals surface area contributed by atoms with Gasteiger partial charge in [-0.05, 0) is 24.3 Å². The Morgan fingerprint density at radius 3 is 2.96 bits per heavy atom. The Hall–Kier alpha value is -2.15. The van der Waals surface area contributed by atoms with E-state index < -0.39 is 0 Å². The number of hydrogen-bond acceptors (Lipinski definition) is 6. The highest BCUT2D eigenvalue weighted by Crippen LogP contribution is 2.24. The first-order valence-electron chi connectivity index (χ1n) is 7.58. The van der Waals surface area contributed by atoms with E-state index in [4.69, 9.17) is 9.47 Å². The number of carbonyl (C=O) groups is 1. The Morgan fingerprint density at radius 1 is 1.39 bits per heavy atom. The Labute approximate surface area is 139 Å². The summed E-state index contributed by atoms with van der Waals surface area (Å²) in [6.45, 7) is 1.35. The summed E-state index contributed by atoms with van der Waals surface area (Å²) in [6.07, 6.45) is 5.32. The molecule has 0 aliphatic carbocycles. The summed E-state index contributed by atoms with van der Waals surface area (Å²) >= 11 is 1.61. The quantitative estimate of drug-likeness (QED) is 0.839. The number of ether oxygens (including phenoxy) is 2. The smallest absolute Gasteiger partial charge is 0.278 e. The SMILES string of the molecule is COc1nccnc1O[C@@H]1CCCN(C(=O)Cc2cccs2)C1. The molecule has 0 radical (unpaired) electrons. The van der Waals surface area contributed by atoms with Crippen LogP contribution in [0.15, 0.2) is 29.9 Å². The van der Waals surface area contributed by atoms with Gasteiger partial charge in [0.05, 0.1) is 20.1 Å². The second-order valence-corrected chi connectivity index (χ2v) is 6.38. The molecule has 1 fully saturated rings. The Morgan fingerprint density at radius 2 is 2.22 bits per heavy atom. The summed E-state index contributed by atoms with van der Waals surface area (Å²) in [5, 5.41) is 1.99. The Kier molecular flexibility index (Phi) is 5.07. The molecule has 3 heterocycles. The van der Waals surface area contributed by atoms with E-state index in [1.54, 1.807) is 23.7 Å². The van der Waals surface area contributed by atoms with Crippen molar-refractivity contribution in [1.29, 1.82) is 0 Å². The minimum atomic E-state index is -0.0818. The third kappa shape index (κ3) is 3.98. The zero-order valence-corrected chi connectivity index (χ0v) is 13.8. The fourth-order valence-corrected chi connectivity index (χ4v) is 3.32. The van der Waals surface area contributed by atoms with E-state index in [1.807, 2.05) is 22.4 Å². The van der Waals surface area contributed by atoms with Crippen LogP contribution in [0.2, 0.25) is 0 Å².